The number of benzene rings is 2. The van der Waals surface area contributed by atoms with Gasteiger partial charge in [-0.05, 0) is 57.0 Å². The highest BCUT2D eigenvalue weighted by Gasteiger charge is 2.25. The highest BCUT2D eigenvalue weighted by atomic mass is 35.5. The summed E-state index contributed by atoms with van der Waals surface area (Å²) in [6.45, 7) is 8.14. The molecule has 1 unspecified atom stereocenters. The van der Waals surface area contributed by atoms with E-state index in [9.17, 15) is 4.79 Å². The molecule has 2 aromatic rings. The first-order chi connectivity index (χ1) is 13.6. The minimum absolute atomic E-state index is 0.165. The van der Waals surface area contributed by atoms with Crippen molar-refractivity contribution < 1.29 is 14.3 Å². The van der Waals surface area contributed by atoms with Gasteiger partial charge in [0.15, 0.2) is 0 Å². The molecule has 1 heterocycles. The number of fused-ring (bicyclic) bond motifs is 1. The molecule has 1 amide bonds. The summed E-state index contributed by atoms with van der Waals surface area (Å²) in [5, 5.41) is 3.81. The van der Waals surface area contributed by atoms with Gasteiger partial charge < -0.3 is 14.8 Å². The van der Waals surface area contributed by atoms with E-state index in [2.05, 4.69) is 5.32 Å². The Morgan fingerprint density at radius 1 is 1.24 bits per heavy atom. The first kappa shape index (κ1) is 21.4. The molecular weight excluding hydrogens is 408 g/mol. The van der Waals surface area contributed by atoms with Crippen molar-refractivity contribution in [1.82, 2.24) is 4.90 Å². The SMILES string of the molecule is CC1Oc2ccc(CN(Cc3ccccc3Cl)C(=O)OC(C)(C)C)cc2NC1=S. The van der Waals surface area contributed by atoms with Gasteiger partial charge in [-0.25, -0.2) is 4.79 Å². The monoisotopic (exact) mass is 432 g/mol. The molecule has 0 radical (unpaired) electrons. The van der Waals surface area contributed by atoms with E-state index in [1.54, 1.807) is 4.90 Å². The zero-order valence-electron chi connectivity index (χ0n) is 17.0. The molecule has 3 rings (SSSR count). The van der Waals surface area contributed by atoms with Gasteiger partial charge in [0.1, 0.15) is 22.4 Å². The Labute approximate surface area is 181 Å². The minimum Gasteiger partial charge on any atom is -0.481 e. The van der Waals surface area contributed by atoms with Crippen LogP contribution in [0.3, 0.4) is 0 Å². The van der Waals surface area contributed by atoms with Gasteiger partial charge in [-0.1, -0.05) is 48.1 Å². The number of hydrogen-bond acceptors (Lipinski definition) is 4. The molecule has 1 aliphatic rings. The maximum absolute atomic E-state index is 12.9. The van der Waals surface area contributed by atoms with Crippen LogP contribution in [-0.2, 0) is 17.8 Å². The zero-order chi connectivity index (χ0) is 21.2. The number of nitrogens with one attached hydrogen (secondary N) is 1. The van der Waals surface area contributed by atoms with Crippen molar-refractivity contribution >= 4 is 40.6 Å². The van der Waals surface area contributed by atoms with Crippen LogP contribution < -0.4 is 10.1 Å². The average molecular weight is 433 g/mol. The number of carbonyl (C=O) groups excluding carboxylic acids is 1. The zero-order valence-corrected chi connectivity index (χ0v) is 18.6. The molecule has 2 aromatic carbocycles. The first-order valence-electron chi connectivity index (χ1n) is 9.44. The topological polar surface area (TPSA) is 50.8 Å². The molecule has 0 fully saturated rings. The summed E-state index contributed by atoms with van der Waals surface area (Å²) in [6, 6.07) is 13.2. The van der Waals surface area contributed by atoms with Crippen molar-refractivity contribution in [2.75, 3.05) is 5.32 Å². The second kappa shape index (κ2) is 8.59. The smallest absolute Gasteiger partial charge is 0.410 e. The number of rotatable bonds is 4. The molecule has 0 saturated heterocycles. The summed E-state index contributed by atoms with van der Waals surface area (Å²) in [6.07, 6.45) is -0.565. The second-order valence-electron chi connectivity index (χ2n) is 8.01. The van der Waals surface area contributed by atoms with E-state index in [0.29, 0.717) is 23.1 Å². The third-order valence-corrected chi connectivity index (χ3v) is 5.12. The molecule has 0 bridgehead atoms. The van der Waals surface area contributed by atoms with Crippen LogP contribution in [0.1, 0.15) is 38.8 Å². The summed E-state index contributed by atoms with van der Waals surface area (Å²) in [7, 11) is 0. The summed E-state index contributed by atoms with van der Waals surface area (Å²) in [5.74, 6) is 0.741. The lowest BCUT2D eigenvalue weighted by molar-refractivity contribution is 0.0216. The summed E-state index contributed by atoms with van der Waals surface area (Å²) < 4.78 is 11.4. The highest BCUT2D eigenvalue weighted by molar-refractivity contribution is 7.80. The summed E-state index contributed by atoms with van der Waals surface area (Å²) in [5.41, 5.74) is 1.99. The number of hydrogen-bond donors (Lipinski definition) is 1. The summed E-state index contributed by atoms with van der Waals surface area (Å²) in [4.78, 5) is 15.1. The lowest BCUT2D eigenvalue weighted by Gasteiger charge is -2.29. The molecule has 1 N–H and O–H groups in total. The van der Waals surface area contributed by atoms with E-state index in [1.807, 2.05) is 70.2 Å². The van der Waals surface area contributed by atoms with Crippen LogP contribution in [0.2, 0.25) is 5.02 Å². The van der Waals surface area contributed by atoms with E-state index in [0.717, 1.165) is 22.6 Å². The van der Waals surface area contributed by atoms with Crippen molar-refractivity contribution in [3.8, 4) is 5.75 Å². The maximum atomic E-state index is 12.9. The fourth-order valence-electron chi connectivity index (χ4n) is 2.92. The number of nitrogens with zero attached hydrogens (tertiary/aromatic N) is 1. The van der Waals surface area contributed by atoms with E-state index in [-0.39, 0.29) is 6.10 Å². The molecule has 0 aliphatic carbocycles. The van der Waals surface area contributed by atoms with Gasteiger partial charge in [0.2, 0.25) is 0 Å². The van der Waals surface area contributed by atoms with Crippen molar-refractivity contribution in [2.45, 2.75) is 52.5 Å². The second-order valence-corrected chi connectivity index (χ2v) is 8.85. The highest BCUT2D eigenvalue weighted by Crippen LogP contribution is 2.31. The quantitative estimate of drug-likeness (QED) is 0.619. The number of amides is 1. The Kier molecular flexibility index (Phi) is 6.34. The van der Waals surface area contributed by atoms with Gasteiger partial charge in [0.05, 0.1) is 12.2 Å². The summed E-state index contributed by atoms with van der Waals surface area (Å²) >= 11 is 11.6. The lowest BCUT2D eigenvalue weighted by atomic mass is 10.1. The minimum atomic E-state index is -0.594. The van der Waals surface area contributed by atoms with Crippen molar-refractivity contribution in [1.29, 1.82) is 0 Å². The fourth-order valence-corrected chi connectivity index (χ4v) is 3.27. The van der Waals surface area contributed by atoms with Crippen LogP contribution in [0.4, 0.5) is 10.5 Å². The molecule has 1 atom stereocenters. The predicted molar refractivity (Wildman–Crippen MR) is 120 cm³/mol. The molecule has 0 aromatic heterocycles. The van der Waals surface area contributed by atoms with Crippen LogP contribution in [0.15, 0.2) is 42.5 Å². The third kappa shape index (κ3) is 5.61. The van der Waals surface area contributed by atoms with E-state index >= 15 is 0 Å². The van der Waals surface area contributed by atoms with Crippen molar-refractivity contribution in [3.05, 3.63) is 58.6 Å². The molecule has 29 heavy (non-hydrogen) atoms. The van der Waals surface area contributed by atoms with Crippen molar-refractivity contribution in [3.63, 3.8) is 0 Å². The van der Waals surface area contributed by atoms with Gasteiger partial charge in [-0.2, -0.15) is 0 Å². The number of anilines is 1. The first-order valence-corrected chi connectivity index (χ1v) is 10.2. The van der Waals surface area contributed by atoms with E-state index < -0.39 is 11.7 Å². The number of thiocarbonyl (C=S) groups is 1. The van der Waals surface area contributed by atoms with Crippen LogP contribution in [0.5, 0.6) is 5.75 Å². The molecule has 154 valence electrons. The van der Waals surface area contributed by atoms with Crippen LogP contribution >= 0.6 is 23.8 Å². The Morgan fingerprint density at radius 2 is 1.97 bits per heavy atom. The Bertz CT molecular complexity index is 927. The third-order valence-electron chi connectivity index (χ3n) is 4.32. The van der Waals surface area contributed by atoms with Gasteiger partial charge >= 0.3 is 6.09 Å². The van der Waals surface area contributed by atoms with Gasteiger partial charge in [0, 0.05) is 11.6 Å². The van der Waals surface area contributed by atoms with E-state index in [1.165, 1.54) is 0 Å². The van der Waals surface area contributed by atoms with Gasteiger partial charge in [-0.3, -0.25) is 4.90 Å². The average Bonchev–Trinajstić information content (AvgIpc) is 2.62. The molecule has 0 spiro atoms. The van der Waals surface area contributed by atoms with Gasteiger partial charge in [0.25, 0.3) is 0 Å². The predicted octanol–water partition coefficient (Wildman–Crippen LogP) is 5.80. The Hall–Kier alpha value is -2.31. The number of carbonyl (C=O) groups is 1. The lowest BCUT2D eigenvalue weighted by Crippen LogP contribution is -2.36. The Balaban J connectivity index is 1.85. The number of ether oxygens (including phenoxy) is 2. The molecule has 0 saturated carbocycles. The molecule has 7 heteroatoms. The fraction of sp³-hybridized carbons (Fsp3) is 0.364. The molecular formula is C22H25ClN2O3S. The van der Waals surface area contributed by atoms with Gasteiger partial charge in [-0.15, -0.1) is 0 Å². The molecule has 5 nitrogen and oxygen atoms in total. The normalized spacial score (nSPS) is 15.8. The van der Waals surface area contributed by atoms with Crippen LogP contribution in [-0.4, -0.2) is 27.7 Å². The van der Waals surface area contributed by atoms with E-state index in [4.69, 9.17) is 33.3 Å². The Morgan fingerprint density at radius 3 is 2.66 bits per heavy atom. The standard InChI is InChI=1S/C22H25ClN2O3S/c1-14-20(29)24-18-11-15(9-10-19(18)27-14)12-25(21(26)28-22(2,3)4)13-16-7-5-6-8-17(16)23/h5-11,14H,12-13H2,1-4H3,(H,24,29). The van der Waals surface area contributed by atoms with Crippen molar-refractivity contribution in [2.24, 2.45) is 0 Å². The molecule has 1 aliphatic heterocycles. The van der Waals surface area contributed by atoms with Crippen LogP contribution in [0, 0.1) is 0 Å². The number of halogens is 1. The largest absolute Gasteiger partial charge is 0.481 e. The van der Waals surface area contributed by atoms with Crippen LogP contribution in [0.25, 0.3) is 0 Å². The maximum Gasteiger partial charge on any atom is 0.410 e.